The number of hydrogen-bond donors (Lipinski definition) is 1. The molecule has 2 fully saturated rings. The monoisotopic (exact) mass is 247 g/mol. The maximum atomic E-state index is 11.7. The normalized spacial score (nSPS) is 25.0. The van der Waals surface area contributed by atoms with Gasteiger partial charge in [0.15, 0.2) is 0 Å². The molecule has 5 nitrogen and oxygen atoms in total. The Balaban J connectivity index is 0.00000128. The molecule has 2 amide bonds. The standard InChI is InChI=1S/C10H17N3O2.ClH/c1-12(2)10(15)7-3-9(14)13(6-7)8-4-11-5-8;/h7-8,11H,3-6H2,1-2H3;1H. The average Bonchev–Trinajstić information content (AvgIpc) is 2.44. The van der Waals surface area contributed by atoms with Gasteiger partial charge in [0.05, 0.1) is 12.0 Å². The lowest BCUT2D eigenvalue weighted by Crippen LogP contribution is -2.57. The Hall–Kier alpha value is -0.810. The largest absolute Gasteiger partial charge is 0.349 e. The van der Waals surface area contributed by atoms with Crippen molar-refractivity contribution in [2.24, 2.45) is 5.92 Å². The van der Waals surface area contributed by atoms with Crippen LogP contribution in [0.4, 0.5) is 0 Å². The van der Waals surface area contributed by atoms with Crippen LogP contribution in [0.25, 0.3) is 0 Å². The molecule has 1 N–H and O–H groups in total. The summed E-state index contributed by atoms with van der Waals surface area (Å²) in [5.74, 6) is 0.0629. The molecule has 0 aromatic carbocycles. The van der Waals surface area contributed by atoms with Gasteiger partial charge in [0, 0.05) is 40.2 Å². The molecule has 0 saturated carbocycles. The van der Waals surface area contributed by atoms with E-state index < -0.39 is 0 Å². The first kappa shape index (κ1) is 13.3. The number of halogens is 1. The van der Waals surface area contributed by atoms with Crippen LogP contribution < -0.4 is 5.32 Å². The first-order valence-corrected chi connectivity index (χ1v) is 5.31. The lowest BCUT2D eigenvalue weighted by molar-refractivity contribution is -0.133. The van der Waals surface area contributed by atoms with Gasteiger partial charge in [-0.05, 0) is 0 Å². The van der Waals surface area contributed by atoms with Crippen molar-refractivity contribution in [3.63, 3.8) is 0 Å². The van der Waals surface area contributed by atoms with E-state index in [9.17, 15) is 9.59 Å². The van der Waals surface area contributed by atoms with Gasteiger partial charge < -0.3 is 15.1 Å². The van der Waals surface area contributed by atoms with E-state index in [2.05, 4.69) is 5.32 Å². The minimum absolute atomic E-state index is 0. The highest BCUT2D eigenvalue weighted by Crippen LogP contribution is 2.22. The summed E-state index contributed by atoms with van der Waals surface area (Å²) in [4.78, 5) is 26.8. The lowest BCUT2D eigenvalue weighted by Gasteiger charge is -2.35. The number of hydrogen-bond acceptors (Lipinski definition) is 3. The van der Waals surface area contributed by atoms with Crippen molar-refractivity contribution in [3.8, 4) is 0 Å². The van der Waals surface area contributed by atoms with Gasteiger partial charge in [-0.15, -0.1) is 12.4 Å². The van der Waals surface area contributed by atoms with Crippen LogP contribution in [0.15, 0.2) is 0 Å². The fraction of sp³-hybridized carbons (Fsp3) is 0.800. The van der Waals surface area contributed by atoms with Crippen molar-refractivity contribution in [3.05, 3.63) is 0 Å². The Morgan fingerprint density at radius 2 is 2.06 bits per heavy atom. The zero-order valence-electron chi connectivity index (χ0n) is 9.60. The first-order chi connectivity index (χ1) is 7.09. The van der Waals surface area contributed by atoms with Crippen LogP contribution in [-0.2, 0) is 9.59 Å². The second-order valence-electron chi connectivity index (χ2n) is 4.49. The molecule has 0 aliphatic carbocycles. The summed E-state index contributed by atoms with van der Waals surface area (Å²) >= 11 is 0. The van der Waals surface area contributed by atoms with E-state index in [-0.39, 0.29) is 30.1 Å². The topological polar surface area (TPSA) is 52.7 Å². The summed E-state index contributed by atoms with van der Waals surface area (Å²) in [7, 11) is 3.47. The predicted molar refractivity (Wildman–Crippen MR) is 62.4 cm³/mol. The molecular formula is C10H18ClN3O2. The van der Waals surface area contributed by atoms with Crippen molar-refractivity contribution in [2.75, 3.05) is 33.7 Å². The number of likely N-dealkylation sites (tertiary alicyclic amines) is 1. The van der Waals surface area contributed by atoms with Crippen LogP contribution in [-0.4, -0.2) is 61.4 Å². The Labute approximate surface area is 102 Å². The van der Waals surface area contributed by atoms with E-state index in [0.717, 1.165) is 13.1 Å². The SMILES string of the molecule is CN(C)C(=O)C1CC(=O)N(C2CNC2)C1.Cl. The maximum absolute atomic E-state index is 11.7. The predicted octanol–water partition coefficient (Wildman–Crippen LogP) is -0.683. The quantitative estimate of drug-likeness (QED) is 0.703. The highest BCUT2D eigenvalue weighted by molar-refractivity contribution is 5.89. The minimum Gasteiger partial charge on any atom is -0.349 e. The average molecular weight is 248 g/mol. The first-order valence-electron chi connectivity index (χ1n) is 5.31. The Morgan fingerprint density at radius 1 is 1.44 bits per heavy atom. The molecule has 0 bridgehead atoms. The third kappa shape index (κ3) is 2.30. The van der Waals surface area contributed by atoms with Crippen LogP contribution in [0.3, 0.4) is 0 Å². The van der Waals surface area contributed by atoms with Crippen molar-refractivity contribution >= 4 is 24.2 Å². The number of rotatable bonds is 2. The lowest BCUT2D eigenvalue weighted by atomic mass is 10.1. The fourth-order valence-electron chi connectivity index (χ4n) is 2.11. The summed E-state index contributed by atoms with van der Waals surface area (Å²) < 4.78 is 0. The van der Waals surface area contributed by atoms with Crippen molar-refractivity contribution in [1.29, 1.82) is 0 Å². The molecule has 16 heavy (non-hydrogen) atoms. The Kier molecular flexibility index (Phi) is 4.15. The number of carbonyl (C=O) groups excluding carboxylic acids is 2. The molecule has 2 saturated heterocycles. The molecule has 0 spiro atoms. The molecule has 2 aliphatic heterocycles. The van der Waals surface area contributed by atoms with Gasteiger partial charge in [-0.1, -0.05) is 0 Å². The van der Waals surface area contributed by atoms with Crippen molar-refractivity contribution in [2.45, 2.75) is 12.5 Å². The van der Waals surface area contributed by atoms with Gasteiger partial charge in [-0.3, -0.25) is 9.59 Å². The van der Waals surface area contributed by atoms with E-state index in [1.807, 2.05) is 4.90 Å². The summed E-state index contributed by atoms with van der Waals surface area (Å²) in [5.41, 5.74) is 0. The molecule has 6 heteroatoms. The van der Waals surface area contributed by atoms with Crippen LogP contribution >= 0.6 is 12.4 Å². The third-order valence-corrected chi connectivity index (χ3v) is 3.15. The minimum atomic E-state index is -0.131. The molecule has 2 heterocycles. The van der Waals surface area contributed by atoms with E-state index in [4.69, 9.17) is 0 Å². The van der Waals surface area contributed by atoms with E-state index in [0.29, 0.717) is 19.0 Å². The second kappa shape index (κ2) is 5.01. The van der Waals surface area contributed by atoms with E-state index in [1.54, 1.807) is 19.0 Å². The highest BCUT2D eigenvalue weighted by Gasteiger charge is 2.39. The number of nitrogens with one attached hydrogen (secondary N) is 1. The van der Waals surface area contributed by atoms with Gasteiger partial charge >= 0.3 is 0 Å². The zero-order chi connectivity index (χ0) is 11.0. The number of carbonyl (C=O) groups is 2. The Morgan fingerprint density at radius 3 is 2.50 bits per heavy atom. The molecule has 1 unspecified atom stereocenters. The summed E-state index contributed by atoms with van der Waals surface area (Å²) in [6.45, 7) is 2.34. The van der Waals surface area contributed by atoms with E-state index in [1.165, 1.54) is 0 Å². The molecule has 92 valence electrons. The number of amides is 2. The molecule has 0 aromatic rings. The van der Waals surface area contributed by atoms with Gasteiger partial charge in [0.2, 0.25) is 11.8 Å². The second-order valence-corrected chi connectivity index (χ2v) is 4.49. The zero-order valence-corrected chi connectivity index (χ0v) is 10.4. The number of nitrogens with zero attached hydrogens (tertiary/aromatic N) is 2. The molecule has 2 aliphatic rings. The molecule has 2 rings (SSSR count). The van der Waals surface area contributed by atoms with Gasteiger partial charge in [0.1, 0.15) is 0 Å². The molecular weight excluding hydrogens is 230 g/mol. The summed E-state index contributed by atoms with van der Waals surface area (Å²) in [6, 6.07) is 0.317. The van der Waals surface area contributed by atoms with E-state index >= 15 is 0 Å². The maximum Gasteiger partial charge on any atom is 0.227 e. The molecule has 0 aromatic heterocycles. The highest BCUT2D eigenvalue weighted by atomic mass is 35.5. The van der Waals surface area contributed by atoms with Crippen molar-refractivity contribution < 1.29 is 9.59 Å². The van der Waals surface area contributed by atoms with Gasteiger partial charge in [-0.2, -0.15) is 0 Å². The van der Waals surface area contributed by atoms with Gasteiger partial charge in [-0.25, -0.2) is 0 Å². The van der Waals surface area contributed by atoms with Crippen LogP contribution in [0, 0.1) is 5.92 Å². The summed E-state index contributed by atoms with van der Waals surface area (Å²) in [6.07, 6.45) is 0.382. The van der Waals surface area contributed by atoms with Crippen LogP contribution in [0.5, 0.6) is 0 Å². The summed E-state index contributed by atoms with van der Waals surface area (Å²) in [5, 5.41) is 3.14. The van der Waals surface area contributed by atoms with Crippen molar-refractivity contribution in [1.82, 2.24) is 15.1 Å². The van der Waals surface area contributed by atoms with Crippen LogP contribution in [0.2, 0.25) is 0 Å². The molecule has 0 radical (unpaired) electrons. The Bertz CT molecular complexity index is 292. The third-order valence-electron chi connectivity index (χ3n) is 3.15. The van der Waals surface area contributed by atoms with Crippen LogP contribution in [0.1, 0.15) is 6.42 Å². The van der Waals surface area contributed by atoms with Gasteiger partial charge in [0.25, 0.3) is 0 Å². The fourth-order valence-corrected chi connectivity index (χ4v) is 2.11. The molecule has 1 atom stereocenters. The smallest absolute Gasteiger partial charge is 0.227 e.